The quantitative estimate of drug-likeness (QED) is 0.166. The van der Waals surface area contributed by atoms with Crippen molar-refractivity contribution in [2.75, 3.05) is 4.90 Å². The number of hydrogen-bond donors (Lipinski definition) is 0. The first-order chi connectivity index (χ1) is 32.7. The molecule has 2 aliphatic rings. The van der Waals surface area contributed by atoms with Gasteiger partial charge in [0, 0.05) is 43.9 Å². The summed E-state index contributed by atoms with van der Waals surface area (Å²) >= 11 is 0. The highest BCUT2D eigenvalue weighted by molar-refractivity contribution is 6.15. The van der Waals surface area contributed by atoms with Crippen LogP contribution in [0.2, 0.25) is 0 Å². The lowest BCUT2D eigenvalue weighted by molar-refractivity contribution is 0.754. The van der Waals surface area contributed by atoms with Gasteiger partial charge in [-0.25, -0.2) is 15.0 Å². The van der Waals surface area contributed by atoms with E-state index in [9.17, 15) is 0 Å². The van der Waals surface area contributed by atoms with Crippen molar-refractivity contribution in [2.45, 2.75) is 5.41 Å². The average Bonchev–Trinajstić information content (AvgIpc) is 3.68. The molecule has 0 saturated heterocycles. The molecule has 0 radical (unpaired) electrons. The van der Waals surface area contributed by atoms with Gasteiger partial charge in [-0.2, -0.15) is 0 Å². The normalized spacial score (nSPS) is 13.2. The maximum absolute atomic E-state index is 5.62. The Balaban J connectivity index is 1.12. The average molecular weight is 839 g/mol. The summed E-state index contributed by atoms with van der Waals surface area (Å²) in [4.78, 5) is 18.8. The van der Waals surface area contributed by atoms with Crippen LogP contribution in [0.1, 0.15) is 22.3 Å². The third-order valence-corrected chi connectivity index (χ3v) is 14.0. The predicted molar refractivity (Wildman–Crippen MR) is 272 cm³/mol. The third kappa shape index (κ3) is 5.18. The Kier molecular flexibility index (Phi) is 7.87. The van der Waals surface area contributed by atoms with Gasteiger partial charge in [-0.3, -0.25) is 0 Å². The SMILES string of the molecule is c1ccc(-c2ccc3ccc4ccc(-c5cccc6c5-c5cc7c(-c8ccccc8)nc8ccccc8c7cc5C65c6ccccc6N(c6ccccc6)c6ccccc65)nc4c3n2)cc1. The Morgan fingerprint density at radius 1 is 0.348 bits per heavy atom. The summed E-state index contributed by atoms with van der Waals surface area (Å²) in [5.74, 6) is 0. The van der Waals surface area contributed by atoms with E-state index in [0.29, 0.717) is 0 Å². The summed E-state index contributed by atoms with van der Waals surface area (Å²) in [6, 6.07) is 83.3. The Morgan fingerprint density at radius 3 is 1.62 bits per heavy atom. The number of fused-ring (bicyclic) bond motifs is 15. The van der Waals surface area contributed by atoms with E-state index >= 15 is 0 Å². The zero-order valence-electron chi connectivity index (χ0n) is 35.7. The minimum atomic E-state index is -0.680. The molecule has 66 heavy (non-hydrogen) atoms. The fraction of sp³-hybridized carbons (Fsp3) is 0.0161. The van der Waals surface area contributed by atoms with Crippen LogP contribution in [0.4, 0.5) is 17.1 Å². The first-order valence-electron chi connectivity index (χ1n) is 22.6. The standard InChI is InChI=1S/C62H38N4/c1-4-17-39(18-5-1)53-35-33-41-31-32-42-34-36-55(65-61(42)60(41)63-53)45-24-16-27-51-58(45)48-37-47-46(44-23-10-13-28-54(44)64-59(47)40-19-6-2-7-20-40)38-52(48)62(51)49-25-11-14-29-56(49)66(43-21-8-3-9-22-43)57-30-15-12-26-50(57)62/h1-38H. The maximum atomic E-state index is 5.62. The predicted octanol–water partition coefficient (Wildman–Crippen LogP) is 15.6. The topological polar surface area (TPSA) is 41.9 Å². The van der Waals surface area contributed by atoms with Crippen molar-refractivity contribution in [3.05, 3.63) is 253 Å². The molecule has 4 nitrogen and oxygen atoms in total. The Bertz CT molecular complexity index is 3890. The Morgan fingerprint density at radius 2 is 0.909 bits per heavy atom. The van der Waals surface area contributed by atoms with Gasteiger partial charge < -0.3 is 4.90 Å². The van der Waals surface area contributed by atoms with Crippen LogP contribution in [0.5, 0.6) is 0 Å². The number of pyridine rings is 3. The second-order valence-corrected chi connectivity index (χ2v) is 17.4. The lowest BCUT2D eigenvalue weighted by Crippen LogP contribution is -2.36. The second kappa shape index (κ2) is 14.1. The number of nitrogens with zero attached hydrogens (tertiary/aromatic N) is 4. The summed E-state index contributed by atoms with van der Waals surface area (Å²) in [5.41, 5.74) is 18.9. The molecule has 14 rings (SSSR count). The van der Waals surface area contributed by atoms with Crippen molar-refractivity contribution in [1.82, 2.24) is 15.0 Å². The lowest BCUT2D eigenvalue weighted by atomic mass is 9.64. The minimum Gasteiger partial charge on any atom is -0.310 e. The summed E-state index contributed by atoms with van der Waals surface area (Å²) < 4.78 is 0. The van der Waals surface area contributed by atoms with Gasteiger partial charge in [0.15, 0.2) is 0 Å². The summed E-state index contributed by atoms with van der Waals surface area (Å²) in [7, 11) is 0. The van der Waals surface area contributed by atoms with E-state index in [1.807, 2.05) is 6.07 Å². The van der Waals surface area contributed by atoms with Crippen molar-refractivity contribution in [1.29, 1.82) is 0 Å². The van der Waals surface area contributed by atoms with Crippen LogP contribution in [0.15, 0.2) is 231 Å². The van der Waals surface area contributed by atoms with Crippen LogP contribution in [0, 0.1) is 0 Å². The number of aromatic nitrogens is 3. The van der Waals surface area contributed by atoms with E-state index in [1.165, 1.54) is 38.8 Å². The molecule has 0 unspecified atom stereocenters. The highest BCUT2D eigenvalue weighted by Crippen LogP contribution is 2.65. The summed E-state index contributed by atoms with van der Waals surface area (Å²) in [6.07, 6.45) is 0. The van der Waals surface area contributed by atoms with Crippen LogP contribution < -0.4 is 4.90 Å². The molecule has 306 valence electrons. The van der Waals surface area contributed by atoms with E-state index in [1.54, 1.807) is 0 Å². The van der Waals surface area contributed by atoms with Crippen molar-refractivity contribution in [2.24, 2.45) is 0 Å². The fourth-order valence-corrected chi connectivity index (χ4v) is 11.2. The first kappa shape index (κ1) is 36.7. The van der Waals surface area contributed by atoms with Crippen molar-refractivity contribution >= 4 is 60.5 Å². The molecule has 1 aliphatic carbocycles. The van der Waals surface area contributed by atoms with Gasteiger partial charge in [0.25, 0.3) is 0 Å². The molecular formula is C62H38N4. The van der Waals surface area contributed by atoms with Crippen LogP contribution >= 0.6 is 0 Å². The number of para-hydroxylation sites is 4. The molecule has 1 spiro atoms. The molecule has 12 aromatic rings. The summed E-state index contributed by atoms with van der Waals surface area (Å²) in [5, 5.41) is 5.56. The molecule has 9 aromatic carbocycles. The number of rotatable bonds is 4. The Hall–Kier alpha value is -8.73. The highest BCUT2D eigenvalue weighted by Gasteiger charge is 2.52. The summed E-state index contributed by atoms with van der Waals surface area (Å²) in [6.45, 7) is 0. The number of hydrogen-bond acceptors (Lipinski definition) is 4. The van der Waals surface area contributed by atoms with Gasteiger partial charge in [-0.1, -0.05) is 176 Å². The van der Waals surface area contributed by atoms with Crippen molar-refractivity contribution in [3.63, 3.8) is 0 Å². The molecule has 4 heteroatoms. The zero-order chi connectivity index (χ0) is 43.3. The van der Waals surface area contributed by atoms with Gasteiger partial charge in [-0.05, 0) is 93.4 Å². The van der Waals surface area contributed by atoms with Crippen molar-refractivity contribution < 1.29 is 0 Å². The molecule has 0 atom stereocenters. The highest BCUT2D eigenvalue weighted by atomic mass is 15.2. The second-order valence-electron chi connectivity index (χ2n) is 17.4. The molecule has 4 heterocycles. The van der Waals surface area contributed by atoms with E-state index in [0.717, 1.165) is 88.9 Å². The van der Waals surface area contributed by atoms with Gasteiger partial charge in [0.1, 0.15) is 0 Å². The van der Waals surface area contributed by atoms with E-state index < -0.39 is 5.41 Å². The van der Waals surface area contributed by atoms with Crippen LogP contribution in [0.3, 0.4) is 0 Å². The minimum absolute atomic E-state index is 0.680. The third-order valence-electron chi connectivity index (χ3n) is 14.0. The van der Waals surface area contributed by atoms with Gasteiger partial charge in [-0.15, -0.1) is 0 Å². The van der Waals surface area contributed by atoms with Crippen LogP contribution in [-0.4, -0.2) is 15.0 Å². The molecule has 0 fully saturated rings. The van der Waals surface area contributed by atoms with Gasteiger partial charge in [0.2, 0.25) is 0 Å². The fourth-order valence-electron chi connectivity index (χ4n) is 11.2. The van der Waals surface area contributed by atoms with Crippen LogP contribution in [0.25, 0.3) is 88.4 Å². The lowest BCUT2D eigenvalue weighted by Gasteiger charge is -2.45. The molecule has 0 saturated carbocycles. The molecule has 1 aliphatic heterocycles. The smallest absolute Gasteiger partial charge is 0.0972 e. The molecular weight excluding hydrogens is 801 g/mol. The van der Waals surface area contributed by atoms with Crippen LogP contribution in [-0.2, 0) is 5.41 Å². The number of benzene rings is 9. The Labute approximate surface area is 381 Å². The van der Waals surface area contributed by atoms with Gasteiger partial charge >= 0.3 is 0 Å². The zero-order valence-corrected chi connectivity index (χ0v) is 35.7. The molecule has 0 N–H and O–H groups in total. The number of anilines is 3. The van der Waals surface area contributed by atoms with E-state index in [2.05, 4.69) is 229 Å². The van der Waals surface area contributed by atoms with E-state index in [4.69, 9.17) is 15.0 Å². The first-order valence-corrected chi connectivity index (χ1v) is 22.6. The van der Waals surface area contributed by atoms with E-state index in [-0.39, 0.29) is 0 Å². The molecule has 0 bridgehead atoms. The molecule has 0 amide bonds. The van der Waals surface area contributed by atoms with Crippen molar-refractivity contribution in [3.8, 4) is 44.9 Å². The maximum Gasteiger partial charge on any atom is 0.0972 e. The van der Waals surface area contributed by atoms with Gasteiger partial charge in [0.05, 0.1) is 50.4 Å². The molecule has 3 aromatic heterocycles. The monoisotopic (exact) mass is 838 g/mol. The largest absolute Gasteiger partial charge is 0.310 e.